The Balaban J connectivity index is 1.58. The minimum atomic E-state index is -0.0731. The molecule has 0 bridgehead atoms. The quantitative estimate of drug-likeness (QED) is 0.259. The van der Waals surface area contributed by atoms with E-state index in [1.807, 2.05) is 17.5 Å². The van der Waals surface area contributed by atoms with Crippen LogP contribution in [-0.4, -0.2) is 19.7 Å². The molecule has 4 aromatic rings. The fourth-order valence-electron chi connectivity index (χ4n) is 2.49. The Kier molecular flexibility index (Phi) is 5.11. The van der Waals surface area contributed by atoms with Crippen molar-refractivity contribution < 1.29 is 4.52 Å². The highest BCUT2D eigenvalue weighted by Gasteiger charge is 2.14. The highest BCUT2D eigenvalue weighted by atomic mass is 35.5. The van der Waals surface area contributed by atoms with Crippen molar-refractivity contribution in [3.8, 4) is 11.4 Å². The zero-order chi connectivity index (χ0) is 18.8. The first kappa shape index (κ1) is 18.0. The molecule has 0 spiro atoms. The highest BCUT2D eigenvalue weighted by molar-refractivity contribution is 7.98. The number of allylic oxidation sites excluding steroid dienone is 1. The molecule has 0 saturated carbocycles. The summed E-state index contributed by atoms with van der Waals surface area (Å²) in [6.07, 6.45) is 1.68. The molecule has 0 aliphatic rings. The van der Waals surface area contributed by atoms with Crippen molar-refractivity contribution in [2.75, 3.05) is 0 Å². The number of nitrogens with zero attached hydrogens (tertiary/aromatic N) is 4. The molecule has 0 aliphatic heterocycles. The van der Waals surface area contributed by atoms with Crippen LogP contribution in [0.15, 0.2) is 62.8 Å². The molecule has 3 aromatic heterocycles. The average Bonchev–Trinajstić information content (AvgIpc) is 3.33. The van der Waals surface area contributed by atoms with E-state index in [-0.39, 0.29) is 5.56 Å². The van der Waals surface area contributed by atoms with E-state index in [9.17, 15) is 4.79 Å². The summed E-state index contributed by atoms with van der Waals surface area (Å²) >= 11 is 8.72. The van der Waals surface area contributed by atoms with Crippen LogP contribution in [0.3, 0.4) is 0 Å². The lowest BCUT2D eigenvalue weighted by Gasteiger charge is -2.08. The van der Waals surface area contributed by atoms with Gasteiger partial charge in [-0.3, -0.25) is 9.36 Å². The van der Waals surface area contributed by atoms with Crippen molar-refractivity contribution in [1.82, 2.24) is 19.7 Å². The van der Waals surface area contributed by atoms with Gasteiger partial charge in [-0.25, -0.2) is 4.98 Å². The van der Waals surface area contributed by atoms with Gasteiger partial charge in [-0.15, -0.1) is 17.9 Å². The van der Waals surface area contributed by atoms with Crippen LogP contribution in [0.2, 0.25) is 5.02 Å². The number of thioether (sulfide) groups is 1. The van der Waals surface area contributed by atoms with Crippen LogP contribution in [0.25, 0.3) is 21.6 Å². The Hall–Kier alpha value is -2.42. The zero-order valence-corrected chi connectivity index (χ0v) is 16.4. The molecule has 0 radical (unpaired) electrons. The first-order valence-electron chi connectivity index (χ1n) is 7.96. The van der Waals surface area contributed by atoms with Crippen molar-refractivity contribution in [2.24, 2.45) is 0 Å². The van der Waals surface area contributed by atoms with Gasteiger partial charge in [-0.2, -0.15) is 4.98 Å². The van der Waals surface area contributed by atoms with Gasteiger partial charge in [0.15, 0.2) is 5.16 Å². The molecule has 6 nitrogen and oxygen atoms in total. The van der Waals surface area contributed by atoms with E-state index >= 15 is 0 Å². The molecule has 0 saturated heterocycles. The summed E-state index contributed by atoms with van der Waals surface area (Å²) in [7, 11) is 0. The third-order valence-corrected chi connectivity index (χ3v) is 5.78. The van der Waals surface area contributed by atoms with E-state index in [2.05, 4.69) is 21.7 Å². The molecule has 0 amide bonds. The first-order valence-corrected chi connectivity index (χ1v) is 10.2. The predicted octanol–water partition coefficient (Wildman–Crippen LogP) is 4.64. The molecule has 0 aliphatic carbocycles. The molecule has 0 fully saturated rings. The normalized spacial score (nSPS) is 11.1. The summed E-state index contributed by atoms with van der Waals surface area (Å²) in [5.41, 5.74) is 0.747. The monoisotopic (exact) mass is 416 g/mol. The number of benzene rings is 1. The molecular formula is C18H13ClN4O2S2. The predicted molar refractivity (Wildman–Crippen MR) is 108 cm³/mol. The van der Waals surface area contributed by atoms with Crippen molar-refractivity contribution in [3.05, 3.63) is 69.6 Å². The summed E-state index contributed by atoms with van der Waals surface area (Å²) in [6.45, 7) is 4.11. The fourth-order valence-corrected chi connectivity index (χ4v) is 4.26. The standard InChI is InChI=1S/C18H13ClN4O2S2/c1-2-8-23-17(24)13-7-9-26-16(13)21-18(23)27-10-14-20-15(22-25-14)11-3-5-12(19)6-4-11/h2-7,9H,1,8,10H2. The van der Waals surface area contributed by atoms with Gasteiger partial charge in [-0.1, -0.05) is 34.6 Å². The SMILES string of the molecule is C=CCn1c(SCc2nc(-c3ccc(Cl)cc3)no2)nc2sccc2c1=O. The minimum Gasteiger partial charge on any atom is -0.338 e. The van der Waals surface area contributed by atoms with Crippen LogP contribution >= 0.6 is 34.7 Å². The van der Waals surface area contributed by atoms with E-state index in [0.29, 0.717) is 39.6 Å². The van der Waals surface area contributed by atoms with Crippen molar-refractivity contribution >= 4 is 44.9 Å². The number of hydrogen-bond donors (Lipinski definition) is 0. The maximum Gasteiger partial charge on any atom is 0.263 e. The number of rotatable bonds is 6. The van der Waals surface area contributed by atoms with Crippen LogP contribution < -0.4 is 5.56 Å². The third-order valence-electron chi connectivity index (χ3n) is 3.76. The fraction of sp³-hybridized carbons (Fsp3) is 0.111. The van der Waals surface area contributed by atoms with E-state index in [1.54, 1.807) is 28.8 Å². The summed E-state index contributed by atoms with van der Waals surface area (Å²) in [5, 5.41) is 7.73. The van der Waals surface area contributed by atoms with E-state index in [1.165, 1.54) is 23.1 Å². The van der Waals surface area contributed by atoms with E-state index < -0.39 is 0 Å². The molecule has 27 heavy (non-hydrogen) atoms. The average molecular weight is 417 g/mol. The maximum absolute atomic E-state index is 12.6. The van der Waals surface area contributed by atoms with Gasteiger partial charge in [0.2, 0.25) is 11.7 Å². The van der Waals surface area contributed by atoms with Gasteiger partial charge < -0.3 is 4.52 Å². The molecule has 0 N–H and O–H groups in total. The van der Waals surface area contributed by atoms with Gasteiger partial charge in [0.25, 0.3) is 5.56 Å². The lowest BCUT2D eigenvalue weighted by atomic mass is 10.2. The van der Waals surface area contributed by atoms with Crippen LogP contribution in [0, 0.1) is 0 Å². The van der Waals surface area contributed by atoms with Crippen molar-refractivity contribution in [2.45, 2.75) is 17.5 Å². The van der Waals surface area contributed by atoms with Gasteiger partial charge in [0, 0.05) is 17.1 Å². The Labute approximate surface area is 167 Å². The lowest BCUT2D eigenvalue weighted by Crippen LogP contribution is -2.22. The van der Waals surface area contributed by atoms with Crippen molar-refractivity contribution in [1.29, 1.82) is 0 Å². The van der Waals surface area contributed by atoms with Gasteiger partial charge in [0.05, 0.1) is 11.1 Å². The summed E-state index contributed by atoms with van der Waals surface area (Å²) in [4.78, 5) is 22.4. The van der Waals surface area contributed by atoms with Gasteiger partial charge >= 0.3 is 0 Å². The minimum absolute atomic E-state index is 0.0731. The number of fused-ring (bicyclic) bond motifs is 1. The maximum atomic E-state index is 12.6. The smallest absolute Gasteiger partial charge is 0.263 e. The summed E-state index contributed by atoms with van der Waals surface area (Å²) in [6, 6.07) is 9.00. The molecule has 0 atom stereocenters. The second kappa shape index (κ2) is 7.67. The Morgan fingerprint density at radius 2 is 2.07 bits per heavy atom. The lowest BCUT2D eigenvalue weighted by molar-refractivity contribution is 0.391. The van der Waals surface area contributed by atoms with E-state index in [4.69, 9.17) is 16.1 Å². The van der Waals surface area contributed by atoms with Crippen LogP contribution in [0.1, 0.15) is 5.89 Å². The third kappa shape index (κ3) is 3.69. The zero-order valence-electron chi connectivity index (χ0n) is 14.0. The number of halogens is 1. The van der Waals surface area contributed by atoms with Crippen molar-refractivity contribution in [3.63, 3.8) is 0 Å². The topological polar surface area (TPSA) is 73.8 Å². The van der Waals surface area contributed by atoms with Gasteiger partial charge in [0.1, 0.15) is 4.83 Å². The molecule has 1 aromatic carbocycles. The number of hydrogen-bond acceptors (Lipinski definition) is 7. The molecule has 3 heterocycles. The second-order valence-electron chi connectivity index (χ2n) is 5.55. The Morgan fingerprint density at radius 1 is 1.26 bits per heavy atom. The number of aromatic nitrogens is 4. The Morgan fingerprint density at radius 3 is 2.85 bits per heavy atom. The highest BCUT2D eigenvalue weighted by Crippen LogP contribution is 2.25. The number of thiophene rings is 1. The van der Waals surface area contributed by atoms with Gasteiger partial charge in [-0.05, 0) is 35.7 Å². The van der Waals surface area contributed by atoms with Crippen LogP contribution in [-0.2, 0) is 12.3 Å². The van der Waals surface area contributed by atoms with Crippen LogP contribution in [0.4, 0.5) is 0 Å². The molecule has 4 rings (SSSR count). The summed E-state index contributed by atoms with van der Waals surface area (Å²) in [5.74, 6) is 1.35. The summed E-state index contributed by atoms with van der Waals surface area (Å²) < 4.78 is 6.93. The largest absolute Gasteiger partial charge is 0.338 e. The van der Waals surface area contributed by atoms with E-state index in [0.717, 1.165) is 10.4 Å². The van der Waals surface area contributed by atoms with Crippen LogP contribution in [0.5, 0.6) is 0 Å². The molecular weight excluding hydrogens is 404 g/mol. The second-order valence-corrected chi connectivity index (χ2v) is 7.82. The molecule has 9 heteroatoms. The first-order chi connectivity index (χ1) is 13.2. The Bertz CT molecular complexity index is 1160. The molecule has 0 unspecified atom stereocenters. The molecule has 136 valence electrons.